The van der Waals surface area contributed by atoms with Crippen LogP contribution in [0.4, 0.5) is 0 Å². The fourth-order valence-corrected chi connectivity index (χ4v) is 4.06. The van der Waals surface area contributed by atoms with Gasteiger partial charge in [0.05, 0.1) is 12.2 Å². The van der Waals surface area contributed by atoms with E-state index in [9.17, 15) is 10.2 Å². The molecule has 2 aliphatic rings. The van der Waals surface area contributed by atoms with Gasteiger partial charge < -0.3 is 10.2 Å². The van der Waals surface area contributed by atoms with Gasteiger partial charge in [0.15, 0.2) is 0 Å². The van der Waals surface area contributed by atoms with Crippen LogP contribution in [0.5, 0.6) is 0 Å². The van der Waals surface area contributed by atoms with Crippen molar-refractivity contribution in [3.8, 4) is 0 Å². The van der Waals surface area contributed by atoms with Crippen LogP contribution in [0.15, 0.2) is 0 Å². The summed E-state index contributed by atoms with van der Waals surface area (Å²) in [4.78, 5) is 0. The van der Waals surface area contributed by atoms with Crippen molar-refractivity contribution in [2.75, 3.05) is 0 Å². The smallest absolute Gasteiger partial charge is 0.0545 e. The minimum absolute atomic E-state index is 0.0469. The molecule has 0 saturated heterocycles. The molecule has 2 saturated carbocycles. The Hall–Kier alpha value is -0.0800. The molecule has 100 valence electrons. The van der Waals surface area contributed by atoms with E-state index in [-0.39, 0.29) is 12.2 Å². The first kappa shape index (κ1) is 13.4. The quantitative estimate of drug-likeness (QED) is 0.779. The third kappa shape index (κ3) is 3.45. The van der Waals surface area contributed by atoms with Gasteiger partial charge >= 0.3 is 0 Å². The molecule has 4 unspecified atom stereocenters. The van der Waals surface area contributed by atoms with Crippen LogP contribution in [0.1, 0.15) is 58.8 Å². The summed E-state index contributed by atoms with van der Waals surface area (Å²) in [6, 6.07) is 0. The van der Waals surface area contributed by atoms with Crippen molar-refractivity contribution in [3.05, 3.63) is 0 Å². The zero-order valence-electron chi connectivity index (χ0n) is 11.3. The summed E-state index contributed by atoms with van der Waals surface area (Å²) in [5, 5.41) is 19.5. The Labute approximate surface area is 105 Å². The van der Waals surface area contributed by atoms with E-state index in [2.05, 4.69) is 13.8 Å². The van der Waals surface area contributed by atoms with Crippen LogP contribution in [0.2, 0.25) is 0 Å². The molecule has 0 bridgehead atoms. The van der Waals surface area contributed by atoms with Crippen molar-refractivity contribution in [1.82, 2.24) is 0 Å². The predicted molar refractivity (Wildman–Crippen MR) is 69.6 cm³/mol. The maximum Gasteiger partial charge on any atom is 0.0545 e. The summed E-state index contributed by atoms with van der Waals surface area (Å²) in [6.07, 6.45) is 7.51. The first-order chi connectivity index (χ1) is 8.06. The second-order valence-corrected chi connectivity index (χ2v) is 6.65. The van der Waals surface area contributed by atoms with Crippen LogP contribution in [-0.2, 0) is 0 Å². The summed E-state index contributed by atoms with van der Waals surface area (Å²) >= 11 is 0. The number of hydrogen-bond acceptors (Lipinski definition) is 2. The molecular weight excluding hydrogens is 212 g/mol. The normalized spacial score (nSPS) is 45.5. The van der Waals surface area contributed by atoms with Gasteiger partial charge in [-0.1, -0.05) is 13.8 Å². The van der Waals surface area contributed by atoms with Gasteiger partial charge in [0.2, 0.25) is 0 Å². The lowest BCUT2D eigenvalue weighted by Crippen LogP contribution is -2.33. The topological polar surface area (TPSA) is 40.5 Å². The average molecular weight is 240 g/mol. The average Bonchev–Trinajstić information content (AvgIpc) is 2.28. The SMILES string of the molecule is CC1CC(O)CC(C(C)C2CCC(O)CC2)C1. The van der Waals surface area contributed by atoms with Gasteiger partial charge in [-0.3, -0.25) is 0 Å². The Morgan fingerprint density at radius 1 is 0.824 bits per heavy atom. The van der Waals surface area contributed by atoms with Crippen molar-refractivity contribution < 1.29 is 10.2 Å². The standard InChI is InChI=1S/C15H28O2/c1-10-7-13(9-15(17)8-10)11(2)12-3-5-14(16)6-4-12/h10-17H,3-9H2,1-2H3. The zero-order chi connectivity index (χ0) is 12.4. The molecule has 2 N–H and O–H groups in total. The van der Waals surface area contributed by atoms with Gasteiger partial charge in [0, 0.05) is 0 Å². The molecule has 4 atom stereocenters. The van der Waals surface area contributed by atoms with E-state index in [1.165, 1.54) is 19.3 Å². The Balaban J connectivity index is 1.88. The number of aliphatic hydroxyl groups is 2. The molecule has 0 aromatic heterocycles. The third-order valence-electron chi connectivity index (χ3n) is 5.18. The molecular formula is C15H28O2. The van der Waals surface area contributed by atoms with Gasteiger partial charge in [-0.25, -0.2) is 0 Å². The first-order valence-electron chi connectivity index (χ1n) is 7.42. The van der Waals surface area contributed by atoms with Crippen LogP contribution in [0, 0.1) is 23.7 Å². The van der Waals surface area contributed by atoms with E-state index >= 15 is 0 Å². The third-order valence-corrected chi connectivity index (χ3v) is 5.18. The molecule has 0 aromatic carbocycles. The highest BCUT2D eigenvalue weighted by Crippen LogP contribution is 2.41. The van der Waals surface area contributed by atoms with E-state index in [0.717, 1.165) is 37.5 Å². The Kier molecular flexibility index (Phi) is 4.48. The van der Waals surface area contributed by atoms with Crippen LogP contribution >= 0.6 is 0 Å². The highest BCUT2D eigenvalue weighted by atomic mass is 16.3. The highest BCUT2D eigenvalue weighted by molar-refractivity contribution is 4.84. The van der Waals surface area contributed by atoms with Crippen molar-refractivity contribution in [3.63, 3.8) is 0 Å². The van der Waals surface area contributed by atoms with Gasteiger partial charge in [0.25, 0.3) is 0 Å². The lowest BCUT2D eigenvalue weighted by molar-refractivity contribution is 0.0267. The molecule has 0 aromatic rings. The number of aliphatic hydroxyl groups excluding tert-OH is 2. The van der Waals surface area contributed by atoms with E-state index in [0.29, 0.717) is 11.8 Å². The minimum Gasteiger partial charge on any atom is -0.393 e. The van der Waals surface area contributed by atoms with Crippen molar-refractivity contribution >= 4 is 0 Å². The summed E-state index contributed by atoms with van der Waals surface area (Å²) in [5.41, 5.74) is 0. The second-order valence-electron chi connectivity index (χ2n) is 6.65. The van der Waals surface area contributed by atoms with Crippen LogP contribution in [-0.4, -0.2) is 22.4 Å². The Bertz CT molecular complexity index is 223. The van der Waals surface area contributed by atoms with E-state index in [1.54, 1.807) is 0 Å². The fourth-order valence-electron chi connectivity index (χ4n) is 4.06. The minimum atomic E-state index is -0.0691. The van der Waals surface area contributed by atoms with Gasteiger partial charge in [-0.2, -0.15) is 0 Å². The predicted octanol–water partition coefficient (Wildman–Crippen LogP) is 2.97. The first-order valence-corrected chi connectivity index (χ1v) is 7.42. The molecule has 2 rings (SSSR count). The molecule has 2 aliphatic carbocycles. The summed E-state index contributed by atoms with van der Waals surface area (Å²) in [7, 11) is 0. The second kappa shape index (κ2) is 5.71. The molecule has 0 amide bonds. The maximum atomic E-state index is 9.90. The number of rotatable bonds is 2. The monoisotopic (exact) mass is 240 g/mol. The van der Waals surface area contributed by atoms with Crippen molar-refractivity contribution in [2.24, 2.45) is 23.7 Å². The van der Waals surface area contributed by atoms with E-state index in [4.69, 9.17) is 0 Å². The molecule has 17 heavy (non-hydrogen) atoms. The molecule has 2 nitrogen and oxygen atoms in total. The lowest BCUT2D eigenvalue weighted by Gasteiger charge is -2.39. The Morgan fingerprint density at radius 3 is 2.06 bits per heavy atom. The zero-order valence-corrected chi connectivity index (χ0v) is 11.3. The van der Waals surface area contributed by atoms with Crippen LogP contribution in [0.3, 0.4) is 0 Å². The largest absolute Gasteiger partial charge is 0.393 e. The summed E-state index contributed by atoms with van der Waals surface area (Å²) < 4.78 is 0. The summed E-state index contributed by atoms with van der Waals surface area (Å²) in [5.74, 6) is 2.88. The summed E-state index contributed by atoms with van der Waals surface area (Å²) in [6.45, 7) is 4.64. The van der Waals surface area contributed by atoms with Gasteiger partial charge in [0.1, 0.15) is 0 Å². The van der Waals surface area contributed by atoms with Crippen molar-refractivity contribution in [2.45, 2.75) is 71.0 Å². The van der Waals surface area contributed by atoms with Gasteiger partial charge in [-0.15, -0.1) is 0 Å². The Morgan fingerprint density at radius 2 is 1.47 bits per heavy atom. The fraction of sp³-hybridized carbons (Fsp3) is 1.00. The van der Waals surface area contributed by atoms with Crippen molar-refractivity contribution in [1.29, 1.82) is 0 Å². The molecule has 2 heteroatoms. The lowest BCUT2D eigenvalue weighted by atomic mass is 9.68. The van der Waals surface area contributed by atoms with E-state index in [1.807, 2.05) is 0 Å². The molecule has 2 fully saturated rings. The van der Waals surface area contributed by atoms with E-state index < -0.39 is 0 Å². The molecule has 0 aliphatic heterocycles. The maximum absolute atomic E-state index is 9.90. The molecule has 0 heterocycles. The molecule has 0 spiro atoms. The van der Waals surface area contributed by atoms with Crippen LogP contribution in [0.25, 0.3) is 0 Å². The highest BCUT2D eigenvalue weighted by Gasteiger charge is 2.33. The molecule has 0 radical (unpaired) electrons. The van der Waals surface area contributed by atoms with Crippen LogP contribution < -0.4 is 0 Å². The number of hydrogen-bond donors (Lipinski definition) is 2. The van der Waals surface area contributed by atoms with Gasteiger partial charge in [-0.05, 0) is 68.6 Å².